The Labute approximate surface area is 138 Å². The summed E-state index contributed by atoms with van der Waals surface area (Å²) in [4.78, 5) is 24.1. The molecule has 0 aromatic heterocycles. The van der Waals surface area contributed by atoms with Crippen molar-refractivity contribution in [3.63, 3.8) is 0 Å². The van der Waals surface area contributed by atoms with Gasteiger partial charge in [-0.25, -0.2) is 0 Å². The van der Waals surface area contributed by atoms with Crippen LogP contribution in [-0.2, 0) is 9.59 Å². The molecule has 1 aromatic carbocycles. The highest BCUT2D eigenvalue weighted by atomic mass is 127. The smallest absolute Gasteiger partial charge is 0.303 e. The SMILES string of the molecule is CCN(C(=O)CCC(=O)O)c1cc(N)c(I)cc1I. The minimum absolute atomic E-state index is 0.00879. The molecular formula is C12H14I2N2O3. The largest absolute Gasteiger partial charge is 0.481 e. The number of nitrogens with zero attached hydrogens (tertiary/aromatic N) is 1. The van der Waals surface area contributed by atoms with Crippen LogP contribution in [0.2, 0.25) is 0 Å². The Morgan fingerprint density at radius 3 is 2.42 bits per heavy atom. The number of carboxylic acid groups (broad SMARTS) is 1. The highest BCUT2D eigenvalue weighted by molar-refractivity contribution is 14.1. The van der Waals surface area contributed by atoms with E-state index in [4.69, 9.17) is 10.8 Å². The van der Waals surface area contributed by atoms with Crippen molar-refractivity contribution in [3.8, 4) is 0 Å². The first-order valence-corrected chi connectivity index (χ1v) is 7.79. The van der Waals surface area contributed by atoms with E-state index in [-0.39, 0.29) is 18.7 Å². The molecule has 3 N–H and O–H groups in total. The maximum absolute atomic E-state index is 12.0. The van der Waals surface area contributed by atoms with Gasteiger partial charge < -0.3 is 15.7 Å². The Balaban J connectivity index is 3.00. The van der Waals surface area contributed by atoms with Gasteiger partial charge in [0.05, 0.1) is 12.1 Å². The molecule has 0 bridgehead atoms. The van der Waals surface area contributed by atoms with Crippen LogP contribution >= 0.6 is 45.2 Å². The molecule has 1 rings (SSSR count). The molecule has 0 fully saturated rings. The monoisotopic (exact) mass is 488 g/mol. The fourth-order valence-corrected chi connectivity index (χ4v) is 3.41. The molecule has 0 saturated heterocycles. The van der Waals surface area contributed by atoms with Gasteiger partial charge in [-0.3, -0.25) is 9.59 Å². The Morgan fingerprint density at radius 2 is 1.89 bits per heavy atom. The third-order valence-electron chi connectivity index (χ3n) is 2.53. The Morgan fingerprint density at radius 1 is 1.26 bits per heavy atom. The lowest BCUT2D eigenvalue weighted by Crippen LogP contribution is -2.31. The van der Waals surface area contributed by atoms with Crippen LogP contribution in [0, 0.1) is 7.14 Å². The first kappa shape index (κ1) is 16.5. The fraction of sp³-hybridized carbons (Fsp3) is 0.333. The number of nitrogen functional groups attached to an aromatic ring is 1. The summed E-state index contributed by atoms with van der Waals surface area (Å²) in [6.45, 7) is 2.33. The Kier molecular flexibility index (Phi) is 6.30. The molecule has 1 amide bonds. The summed E-state index contributed by atoms with van der Waals surface area (Å²) >= 11 is 4.28. The van der Waals surface area contributed by atoms with Gasteiger partial charge in [0.15, 0.2) is 0 Å². The third-order valence-corrected chi connectivity index (χ3v) is 4.33. The predicted molar refractivity (Wildman–Crippen MR) is 91.2 cm³/mol. The van der Waals surface area contributed by atoms with E-state index in [9.17, 15) is 9.59 Å². The van der Waals surface area contributed by atoms with Crippen LogP contribution in [0.4, 0.5) is 11.4 Å². The number of hydrogen-bond acceptors (Lipinski definition) is 3. The zero-order valence-corrected chi connectivity index (χ0v) is 14.6. The number of carbonyl (C=O) groups is 2. The van der Waals surface area contributed by atoms with Crippen molar-refractivity contribution in [2.75, 3.05) is 17.2 Å². The first-order chi connectivity index (χ1) is 8.86. The fourth-order valence-electron chi connectivity index (χ4n) is 1.59. The van der Waals surface area contributed by atoms with Crippen LogP contribution in [-0.4, -0.2) is 23.5 Å². The summed E-state index contributed by atoms with van der Waals surface area (Å²) in [7, 11) is 0. The molecule has 104 valence electrons. The molecule has 0 saturated carbocycles. The zero-order chi connectivity index (χ0) is 14.6. The van der Waals surface area contributed by atoms with Crippen molar-refractivity contribution in [3.05, 3.63) is 19.3 Å². The summed E-state index contributed by atoms with van der Waals surface area (Å²) in [5.41, 5.74) is 7.21. The molecule has 0 aliphatic heterocycles. The number of benzene rings is 1. The second kappa shape index (κ2) is 7.27. The van der Waals surface area contributed by atoms with Crippen LogP contribution in [0.3, 0.4) is 0 Å². The third kappa shape index (κ3) is 4.48. The van der Waals surface area contributed by atoms with Gasteiger partial charge >= 0.3 is 5.97 Å². The molecule has 0 aliphatic rings. The lowest BCUT2D eigenvalue weighted by molar-refractivity contribution is -0.138. The highest BCUT2D eigenvalue weighted by Crippen LogP contribution is 2.29. The summed E-state index contributed by atoms with van der Waals surface area (Å²) in [5.74, 6) is -1.18. The average molecular weight is 488 g/mol. The number of anilines is 2. The molecule has 0 aliphatic carbocycles. The van der Waals surface area contributed by atoms with Crippen molar-refractivity contribution in [2.24, 2.45) is 0 Å². The molecule has 7 heteroatoms. The van der Waals surface area contributed by atoms with Gasteiger partial charge in [-0.05, 0) is 64.2 Å². The number of carbonyl (C=O) groups excluding carboxylic acids is 1. The van der Waals surface area contributed by atoms with Gasteiger partial charge in [-0.2, -0.15) is 0 Å². The number of halogens is 2. The van der Waals surface area contributed by atoms with Gasteiger partial charge in [0.25, 0.3) is 0 Å². The molecule has 1 aromatic rings. The van der Waals surface area contributed by atoms with E-state index in [1.165, 1.54) is 0 Å². The van der Waals surface area contributed by atoms with E-state index in [1.54, 1.807) is 11.0 Å². The van der Waals surface area contributed by atoms with Gasteiger partial charge in [0.1, 0.15) is 0 Å². The molecular weight excluding hydrogens is 474 g/mol. The zero-order valence-electron chi connectivity index (χ0n) is 10.3. The molecule has 5 nitrogen and oxygen atoms in total. The van der Waals surface area contributed by atoms with Crippen LogP contribution in [0.15, 0.2) is 12.1 Å². The maximum atomic E-state index is 12.0. The Bertz CT molecular complexity index is 506. The van der Waals surface area contributed by atoms with E-state index < -0.39 is 5.97 Å². The van der Waals surface area contributed by atoms with Gasteiger partial charge in [-0.15, -0.1) is 0 Å². The second-order valence-electron chi connectivity index (χ2n) is 3.86. The molecule has 19 heavy (non-hydrogen) atoms. The van der Waals surface area contributed by atoms with Crippen molar-refractivity contribution in [2.45, 2.75) is 19.8 Å². The highest BCUT2D eigenvalue weighted by Gasteiger charge is 2.18. The van der Waals surface area contributed by atoms with Gasteiger partial charge in [-0.1, -0.05) is 0 Å². The van der Waals surface area contributed by atoms with Crippen molar-refractivity contribution in [1.29, 1.82) is 0 Å². The van der Waals surface area contributed by atoms with Crippen molar-refractivity contribution in [1.82, 2.24) is 0 Å². The maximum Gasteiger partial charge on any atom is 0.303 e. The number of rotatable bonds is 5. The minimum atomic E-state index is -0.971. The summed E-state index contributed by atoms with van der Waals surface area (Å²) < 4.78 is 1.85. The number of nitrogens with two attached hydrogens (primary N) is 1. The summed E-state index contributed by atoms with van der Waals surface area (Å²) in [5, 5.41) is 8.63. The standard InChI is InChI=1S/C12H14I2N2O3/c1-2-16(11(17)3-4-12(18)19)10-6-9(15)7(13)5-8(10)14/h5-6H,2-4,15H2,1H3,(H,18,19). The average Bonchev–Trinajstić information content (AvgIpc) is 2.33. The van der Waals surface area contributed by atoms with Crippen molar-refractivity contribution >= 4 is 68.4 Å². The van der Waals surface area contributed by atoms with Crippen LogP contribution in [0.5, 0.6) is 0 Å². The topological polar surface area (TPSA) is 83.6 Å². The molecule has 0 radical (unpaired) electrons. The minimum Gasteiger partial charge on any atom is -0.481 e. The quantitative estimate of drug-likeness (QED) is 0.494. The lowest BCUT2D eigenvalue weighted by atomic mass is 10.2. The molecule has 0 spiro atoms. The second-order valence-corrected chi connectivity index (χ2v) is 6.18. The first-order valence-electron chi connectivity index (χ1n) is 5.63. The van der Waals surface area contributed by atoms with Crippen LogP contribution in [0.25, 0.3) is 0 Å². The van der Waals surface area contributed by atoms with E-state index in [2.05, 4.69) is 45.2 Å². The number of amides is 1. The normalized spacial score (nSPS) is 10.3. The van der Waals surface area contributed by atoms with Crippen LogP contribution in [0.1, 0.15) is 19.8 Å². The summed E-state index contributed by atoms with van der Waals surface area (Å²) in [6.07, 6.45) is -0.170. The van der Waals surface area contributed by atoms with Gasteiger partial charge in [0.2, 0.25) is 5.91 Å². The number of aliphatic carboxylic acids is 1. The van der Waals surface area contributed by atoms with Crippen molar-refractivity contribution < 1.29 is 14.7 Å². The molecule has 0 unspecified atom stereocenters. The van der Waals surface area contributed by atoms with Crippen LogP contribution < -0.4 is 10.6 Å². The van der Waals surface area contributed by atoms with E-state index >= 15 is 0 Å². The summed E-state index contributed by atoms with van der Waals surface area (Å²) in [6, 6.07) is 3.66. The lowest BCUT2D eigenvalue weighted by Gasteiger charge is -2.23. The van der Waals surface area contributed by atoms with E-state index in [0.717, 1.165) is 12.8 Å². The molecule has 0 heterocycles. The predicted octanol–water partition coefficient (Wildman–Crippen LogP) is 2.70. The Hall–Kier alpha value is -0.580. The molecule has 0 atom stereocenters. The van der Waals surface area contributed by atoms with E-state index in [0.29, 0.717) is 12.2 Å². The van der Waals surface area contributed by atoms with Gasteiger partial charge in [0, 0.05) is 25.8 Å². The number of hydrogen-bond donors (Lipinski definition) is 2. The number of carboxylic acids is 1. The van der Waals surface area contributed by atoms with E-state index in [1.807, 2.05) is 13.0 Å².